The maximum atomic E-state index is 11.3. The molecular formula is C18H22N2O3S. The molecule has 0 heterocycles. The number of hydrogen-bond donors (Lipinski definition) is 2. The molecule has 24 heavy (non-hydrogen) atoms. The quantitative estimate of drug-likeness (QED) is 0.808. The molecule has 2 N–H and O–H groups in total. The Morgan fingerprint density at radius 1 is 0.875 bits per heavy atom. The summed E-state index contributed by atoms with van der Waals surface area (Å²) in [6.07, 6.45) is 1.24. The van der Waals surface area contributed by atoms with Crippen molar-refractivity contribution in [3.8, 4) is 0 Å². The standard InChI is InChI=1S/C18H22N2O3S/c1-14(21)20-18-9-7-16(8-10-18)12-19-11-15-3-5-17(6-4-15)13-24(2,22)23/h3-10,19H,11-13H2,1-2H3,(H,20,21). The van der Waals surface area contributed by atoms with Crippen LogP contribution in [-0.4, -0.2) is 20.6 Å². The summed E-state index contributed by atoms with van der Waals surface area (Å²) >= 11 is 0. The Hall–Kier alpha value is -2.18. The van der Waals surface area contributed by atoms with Gasteiger partial charge in [0.2, 0.25) is 5.91 Å². The molecule has 0 bridgehead atoms. The predicted octanol–water partition coefficient (Wildman–Crippen LogP) is 2.48. The SMILES string of the molecule is CC(=O)Nc1ccc(CNCc2ccc(CS(C)(=O)=O)cc2)cc1. The lowest BCUT2D eigenvalue weighted by atomic mass is 10.1. The van der Waals surface area contributed by atoms with Crippen molar-refractivity contribution in [2.45, 2.75) is 25.8 Å². The van der Waals surface area contributed by atoms with Crippen LogP contribution >= 0.6 is 0 Å². The van der Waals surface area contributed by atoms with E-state index in [1.165, 1.54) is 13.2 Å². The fourth-order valence-electron chi connectivity index (χ4n) is 2.32. The van der Waals surface area contributed by atoms with Gasteiger partial charge in [-0.1, -0.05) is 36.4 Å². The molecule has 0 atom stereocenters. The molecule has 2 rings (SSSR count). The first kappa shape index (κ1) is 18.2. The van der Waals surface area contributed by atoms with Crippen LogP contribution in [0, 0.1) is 0 Å². The van der Waals surface area contributed by atoms with Crippen LogP contribution in [-0.2, 0) is 33.5 Å². The molecule has 2 aromatic carbocycles. The molecule has 0 fully saturated rings. The van der Waals surface area contributed by atoms with E-state index >= 15 is 0 Å². The molecule has 2 aromatic rings. The minimum atomic E-state index is -3.00. The van der Waals surface area contributed by atoms with E-state index in [-0.39, 0.29) is 11.7 Å². The second kappa shape index (κ2) is 8.08. The number of carbonyl (C=O) groups is 1. The molecular weight excluding hydrogens is 324 g/mol. The highest BCUT2D eigenvalue weighted by atomic mass is 32.2. The maximum Gasteiger partial charge on any atom is 0.221 e. The zero-order valence-corrected chi connectivity index (χ0v) is 14.7. The monoisotopic (exact) mass is 346 g/mol. The molecule has 0 aliphatic heterocycles. The smallest absolute Gasteiger partial charge is 0.221 e. The van der Waals surface area contributed by atoms with Gasteiger partial charge in [0.25, 0.3) is 0 Å². The summed E-state index contributed by atoms with van der Waals surface area (Å²) in [5, 5.41) is 6.07. The number of carbonyl (C=O) groups excluding carboxylic acids is 1. The Morgan fingerprint density at radius 2 is 1.33 bits per heavy atom. The highest BCUT2D eigenvalue weighted by Gasteiger charge is 2.04. The second-order valence-electron chi connectivity index (χ2n) is 5.87. The molecule has 1 amide bonds. The molecule has 6 heteroatoms. The first-order chi connectivity index (χ1) is 11.3. The summed E-state index contributed by atoms with van der Waals surface area (Å²) in [6.45, 7) is 2.90. The van der Waals surface area contributed by atoms with E-state index in [9.17, 15) is 13.2 Å². The van der Waals surface area contributed by atoms with E-state index in [0.29, 0.717) is 13.1 Å². The fourth-order valence-corrected chi connectivity index (χ4v) is 3.11. The molecule has 0 saturated carbocycles. The van der Waals surface area contributed by atoms with Gasteiger partial charge in [0, 0.05) is 32.0 Å². The normalized spacial score (nSPS) is 11.2. The predicted molar refractivity (Wildman–Crippen MR) is 96.3 cm³/mol. The Bertz CT molecular complexity index is 782. The van der Waals surface area contributed by atoms with Crippen molar-refractivity contribution < 1.29 is 13.2 Å². The highest BCUT2D eigenvalue weighted by Crippen LogP contribution is 2.10. The molecule has 5 nitrogen and oxygen atoms in total. The molecule has 0 aliphatic rings. The summed E-state index contributed by atoms with van der Waals surface area (Å²) in [6, 6.07) is 15.2. The Morgan fingerprint density at radius 3 is 1.79 bits per heavy atom. The number of nitrogens with one attached hydrogen (secondary N) is 2. The van der Waals surface area contributed by atoms with E-state index in [1.54, 1.807) is 0 Å². The summed E-state index contributed by atoms with van der Waals surface area (Å²) in [5.41, 5.74) is 3.81. The number of amides is 1. The molecule has 0 saturated heterocycles. The van der Waals surface area contributed by atoms with Crippen molar-refractivity contribution in [1.29, 1.82) is 0 Å². The van der Waals surface area contributed by atoms with Crippen LogP contribution in [0.4, 0.5) is 5.69 Å². The van der Waals surface area contributed by atoms with Gasteiger partial charge in [0.05, 0.1) is 5.75 Å². The van der Waals surface area contributed by atoms with Gasteiger partial charge in [0.1, 0.15) is 0 Å². The van der Waals surface area contributed by atoms with Gasteiger partial charge in [-0.2, -0.15) is 0 Å². The van der Waals surface area contributed by atoms with Gasteiger partial charge in [-0.25, -0.2) is 8.42 Å². The van der Waals surface area contributed by atoms with E-state index in [0.717, 1.165) is 22.4 Å². The van der Waals surface area contributed by atoms with Crippen LogP contribution in [0.25, 0.3) is 0 Å². The van der Waals surface area contributed by atoms with Crippen molar-refractivity contribution >= 4 is 21.4 Å². The van der Waals surface area contributed by atoms with Crippen LogP contribution in [0.1, 0.15) is 23.6 Å². The number of rotatable bonds is 7. The first-order valence-corrected chi connectivity index (χ1v) is 9.71. The topological polar surface area (TPSA) is 75.3 Å². The van der Waals surface area contributed by atoms with Gasteiger partial charge in [-0.3, -0.25) is 4.79 Å². The Kier molecular flexibility index (Phi) is 6.11. The van der Waals surface area contributed by atoms with Crippen molar-refractivity contribution in [3.63, 3.8) is 0 Å². The zero-order valence-electron chi connectivity index (χ0n) is 13.9. The highest BCUT2D eigenvalue weighted by molar-refractivity contribution is 7.89. The molecule has 0 unspecified atom stereocenters. The third-order valence-corrected chi connectivity index (χ3v) is 4.24. The van der Waals surface area contributed by atoms with E-state index in [1.807, 2.05) is 48.5 Å². The number of anilines is 1. The largest absolute Gasteiger partial charge is 0.326 e. The third-order valence-electron chi connectivity index (χ3n) is 3.38. The average molecular weight is 346 g/mol. The molecule has 0 aromatic heterocycles. The van der Waals surface area contributed by atoms with Crippen LogP contribution in [0.2, 0.25) is 0 Å². The van der Waals surface area contributed by atoms with Gasteiger partial charge in [0.15, 0.2) is 9.84 Å². The van der Waals surface area contributed by atoms with Crippen molar-refractivity contribution in [3.05, 3.63) is 65.2 Å². The average Bonchev–Trinajstić information content (AvgIpc) is 2.49. The van der Waals surface area contributed by atoms with Crippen molar-refractivity contribution in [2.75, 3.05) is 11.6 Å². The van der Waals surface area contributed by atoms with Crippen LogP contribution in [0.15, 0.2) is 48.5 Å². The summed E-state index contributed by atoms with van der Waals surface area (Å²) < 4.78 is 22.5. The fraction of sp³-hybridized carbons (Fsp3) is 0.278. The van der Waals surface area contributed by atoms with Crippen molar-refractivity contribution in [1.82, 2.24) is 5.32 Å². The van der Waals surface area contributed by atoms with E-state index in [4.69, 9.17) is 0 Å². The van der Waals surface area contributed by atoms with Gasteiger partial charge >= 0.3 is 0 Å². The minimum Gasteiger partial charge on any atom is -0.326 e. The summed E-state index contributed by atoms with van der Waals surface area (Å²) in [7, 11) is -3.00. The zero-order chi connectivity index (χ0) is 17.6. The summed E-state index contributed by atoms with van der Waals surface area (Å²) in [5.74, 6) is -0.0124. The van der Waals surface area contributed by atoms with Gasteiger partial charge in [-0.05, 0) is 28.8 Å². The Balaban J connectivity index is 1.82. The lowest BCUT2D eigenvalue weighted by Crippen LogP contribution is -2.13. The first-order valence-electron chi connectivity index (χ1n) is 7.64. The van der Waals surface area contributed by atoms with Crippen LogP contribution in [0.5, 0.6) is 0 Å². The van der Waals surface area contributed by atoms with Gasteiger partial charge < -0.3 is 10.6 Å². The maximum absolute atomic E-state index is 11.3. The van der Waals surface area contributed by atoms with E-state index in [2.05, 4.69) is 10.6 Å². The molecule has 0 radical (unpaired) electrons. The number of sulfone groups is 1. The molecule has 0 aliphatic carbocycles. The molecule has 0 spiro atoms. The van der Waals surface area contributed by atoms with Gasteiger partial charge in [-0.15, -0.1) is 0 Å². The molecule has 128 valence electrons. The summed E-state index contributed by atoms with van der Waals surface area (Å²) in [4.78, 5) is 11.0. The van der Waals surface area contributed by atoms with Crippen LogP contribution in [0.3, 0.4) is 0 Å². The minimum absolute atomic E-state index is 0.0708. The second-order valence-corrected chi connectivity index (χ2v) is 8.01. The van der Waals surface area contributed by atoms with E-state index < -0.39 is 9.84 Å². The van der Waals surface area contributed by atoms with Crippen LogP contribution < -0.4 is 10.6 Å². The third kappa shape index (κ3) is 6.52. The number of hydrogen-bond acceptors (Lipinski definition) is 4. The number of benzene rings is 2. The lowest BCUT2D eigenvalue weighted by Gasteiger charge is -2.08. The lowest BCUT2D eigenvalue weighted by molar-refractivity contribution is -0.114. The Labute approximate surface area is 143 Å². The van der Waals surface area contributed by atoms with Crippen molar-refractivity contribution in [2.24, 2.45) is 0 Å².